The molecule has 4 saturated carbocycles. The maximum absolute atomic E-state index is 13.3. The van der Waals surface area contributed by atoms with Crippen molar-refractivity contribution in [1.82, 2.24) is 4.57 Å². The predicted molar refractivity (Wildman–Crippen MR) is 102 cm³/mol. The quantitative estimate of drug-likeness (QED) is 0.726. The average molecular weight is 395 g/mol. The van der Waals surface area contributed by atoms with Crippen molar-refractivity contribution >= 4 is 28.8 Å². The third-order valence-electron chi connectivity index (χ3n) is 6.90. The first kappa shape index (κ1) is 17.4. The maximum Gasteiger partial charge on any atom is 0.254 e. The lowest BCUT2D eigenvalue weighted by Gasteiger charge is -2.58. The van der Waals surface area contributed by atoms with Crippen LogP contribution in [0.3, 0.4) is 0 Å². The Bertz CT molecular complexity index is 778. The van der Waals surface area contributed by atoms with E-state index in [4.69, 9.17) is 16.3 Å². The highest BCUT2D eigenvalue weighted by Gasteiger charge is 2.60. The molecule has 5 aliphatic rings. The number of thiazole rings is 1. The fourth-order valence-electron chi connectivity index (χ4n) is 6.34. The molecule has 6 rings (SSSR count). The third kappa shape index (κ3) is 3.00. The van der Waals surface area contributed by atoms with Crippen molar-refractivity contribution in [1.29, 1.82) is 0 Å². The summed E-state index contributed by atoms with van der Waals surface area (Å²) >= 11 is 8.52. The number of aromatic nitrogens is 1. The fraction of sp³-hybridized carbons (Fsp3) is 0.800. The number of carbonyl (C=O) groups excluding carboxylic acids is 1. The van der Waals surface area contributed by atoms with E-state index in [-0.39, 0.29) is 22.3 Å². The fourth-order valence-corrected chi connectivity index (χ4v) is 7.87. The minimum Gasteiger partial charge on any atom is -0.376 e. The molecular formula is C20H27ClN2O2S. The minimum absolute atomic E-state index is 0.0829. The summed E-state index contributed by atoms with van der Waals surface area (Å²) in [6, 6.07) is 0. The van der Waals surface area contributed by atoms with Gasteiger partial charge in [-0.2, -0.15) is 4.99 Å². The van der Waals surface area contributed by atoms with Crippen molar-refractivity contribution < 1.29 is 9.53 Å². The molecule has 3 unspecified atom stereocenters. The largest absolute Gasteiger partial charge is 0.376 e. The van der Waals surface area contributed by atoms with Crippen LogP contribution in [0.1, 0.15) is 56.2 Å². The zero-order chi connectivity index (χ0) is 17.9. The summed E-state index contributed by atoms with van der Waals surface area (Å²) in [6.07, 6.45) is 10.9. The topological polar surface area (TPSA) is 43.6 Å². The van der Waals surface area contributed by atoms with Crippen molar-refractivity contribution in [2.24, 2.45) is 22.2 Å². The van der Waals surface area contributed by atoms with E-state index in [1.54, 1.807) is 11.3 Å². The van der Waals surface area contributed by atoms with Crippen molar-refractivity contribution in [3.63, 3.8) is 0 Å². The third-order valence-corrected chi connectivity index (χ3v) is 8.28. The van der Waals surface area contributed by atoms with Crippen LogP contribution < -0.4 is 4.80 Å². The van der Waals surface area contributed by atoms with Gasteiger partial charge in [-0.15, -0.1) is 22.9 Å². The lowest BCUT2D eigenvalue weighted by Crippen LogP contribution is -2.55. The Labute approximate surface area is 163 Å². The summed E-state index contributed by atoms with van der Waals surface area (Å²) < 4.78 is 7.91. The number of hydrogen-bond donors (Lipinski definition) is 0. The van der Waals surface area contributed by atoms with Gasteiger partial charge in [0.25, 0.3) is 5.91 Å². The van der Waals surface area contributed by atoms with Gasteiger partial charge in [0.15, 0.2) is 4.80 Å². The number of ether oxygens (including phenoxy) is 1. The van der Waals surface area contributed by atoms with Crippen LogP contribution in [0.4, 0.5) is 0 Å². The molecule has 142 valence electrons. The summed E-state index contributed by atoms with van der Waals surface area (Å²) in [5.41, 5.74) is -0.300. The first-order chi connectivity index (χ1) is 12.4. The molecule has 4 nitrogen and oxygen atoms in total. The van der Waals surface area contributed by atoms with E-state index in [2.05, 4.69) is 22.7 Å². The van der Waals surface area contributed by atoms with Crippen LogP contribution in [0.2, 0.25) is 0 Å². The Balaban J connectivity index is 1.44. The number of hydrogen-bond acceptors (Lipinski definition) is 3. The molecule has 0 radical (unpaired) electrons. The first-order valence-corrected chi connectivity index (χ1v) is 11.2. The van der Waals surface area contributed by atoms with Crippen LogP contribution in [-0.2, 0) is 16.1 Å². The molecule has 6 heteroatoms. The molecule has 1 aromatic heterocycles. The molecule has 0 N–H and O–H groups in total. The zero-order valence-electron chi connectivity index (χ0n) is 15.4. The molecule has 1 aliphatic heterocycles. The summed E-state index contributed by atoms with van der Waals surface area (Å²) in [4.78, 5) is 19.9. The molecule has 0 aromatic carbocycles. The first-order valence-electron chi connectivity index (χ1n) is 10.00. The SMILES string of the molecule is Cc1cn(CC2CCCO2)/c(=N/C(=O)C23CC4CC(CC(Cl)(C4)C2)C3)s1. The standard InChI is InChI=1S/C20H27ClN2O2S/c1-13-10-23(11-16-3-2-4-25-16)18(26-13)22-17(24)19-6-14-5-15(7-19)9-20(21,8-14)12-19/h10,14-16H,2-9,11-12H2,1H3/b22-18-. The number of rotatable bonds is 3. The van der Waals surface area contributed by atoms with Crippen LogP contribution in [0.25, 0.3) is 0 Å². The van der Waals surface area contributed by atoms with Gasteiger partial charge in [-0.3, -0.25) is 4.79 Å². The smallest absolute Gasteiger partial charge is 0.254 e. The van der Waals surface area contributed by atoms with E-state index in [0.717, 1.165) is 62.9 Å². The van der Waals surface area contributed by atoms with Crippen LogP contribution in [0.5, 0.6) is 0 Å². The molecule has 1 aromatic rings. The van der Waals surface area contributed by atoms with E-state index >= 15 is 0 Å². The molecule has 1 amide bonds. The molecule has 1 saturated heterocycles. The van der Waals surface area contributed by atoms with Gasteiger partial charge < -0.3 is 9.30 Å². The Morgan fingerprint density at radius 3 is 2.81 bits per heavy atom. The summed E-state index contributed by atoms with van der Waals surface area (Å²) in [6.45, 7) is 3.73. The number of alkyl halides is 1. The van der Waals surface area contributed by atoms with Crippen LogP contribution in [0, 0.1) is 24.2 Å². The maximum atomic E-state index is 13.3. The Morgan fingerprint density at radius 2 is 2.15 bits per heavy atom. The van der Waals surface area contributed by atoms with Gasteiger partial charge in [-0.1, -0.05) is 0 Å². The zero-order valence-corrected chi connectivity index (χ0v) is 17.0. The number of amides is 1. The molecule has 4 aliphatic carbocycles. The molecular weight excluding hydrogens is 368 g/mol. The lowest BCUT2D eigenvalue weighted by molar-refractivity contribution is -0.141. The highest BCUT2D eigenvalue weighted by atomic mass is 35.5. The van der Waals surface area contributed by atoms with Gasteiger partial charge >= 0.3 is 0 Å². The average Bonchev–Trinajstić information content (AvgIpc) is 3.15. The van der Waals surface area contributed by atoms with Crippen molar-refractivity contribution in [3.8, 4) is 0 Å². The minimum atomic E-state index is -0.300. The Hall–Kier alpha value is -0.650. The predicted octanol–water partition coefficient (Wildman–Crippen LogP) is 4.04. The summed E-state index contributed by atoms with van der Waals surface area (Å²) in [5, 5.41) is 0. The van der Waals surface area contributed by atoms with E-state index in [1.807, 2.05) is 0 Å². The van der Waals surface area contributed by atoms with Crippen LogP contribution in [-0.4, -0.2) is 28.1 Å². The Morgan fingerprint density at radius 1 is 1.38 bits per heavy atom. The number of halogens is 1. The highest BCUT2D eigenvalue weighted by molar-refractivity contribution is 7.09. The van der Waals surface area contributed by atoms with Crippen molar-refractivity contribution in [2.45, 2.75) is 75.8 Å². The number of carbonyl (C=O) groups is 1. The second-order valence-corrected chi connectivity index (χ2v) is 11.2. The number of aryl methyl sites for hydroxylation is 1. The molecule has 0 spiro atoms. The van der Waals surface area contributed by atoms with Crippen molar-refractivity contribution in [3.05, 3.63) is 15.9 Å². The second kappa shape index (κ2) is 6.18. The Kier molecular flexibility index (Phi) is 4.15. The van der Waals surface area contributed by atoms with Gasteiger partial charge in [0, 0.05) is 22.6 Å². The van der Waals surface area contributed by atoms with E-state index in [1.165, 1.54) is 11.3 Å². The molecule has 2 heterocycles. The lowest BCUT2D eigenvalue weighted by atomic mass is 9.49. The van der Waals surface area contributed by atoms with Gasteiger partial charge in [-0.25, -0.2) is 0 Å². The van der Waals surface area contributed by atoms with E-state index in [9.17, 15) is 4.79 Å². The van der Waals surface area contributed by atoms with Crippen molar-refractivity contribution in [2.75, 3.05) is 6.61 Å². The normalized spacial score (nSPS) is 41.9. The van der Waals surface area contributed by atoms with E-state index in [0.29, 0.717) is 11.8 Å². The van der Waals surface area contributed by atoms with Gasteiger partial charge in [0.2, 0.25) is 0 Å². The molecule has 5 fully saturated rings. The van der Waals surface area contributed by atoms with Gasteiger partial charge in [0.1, 0.15) is 0 Å². The van der Waals surface area contributed by atoms with E-state index < -0.39 is 0 Å². The van der Waals surface area contributed by atoms with Gasteiger partial charge in [-0.05, 0) is 70.1 Å². The molecule has 3 atom stereocenters. The highest BCUT2D eigenvalue weighted by Crippen LogP contribution is 2.64. The van der Waals surface area contributed by atoms with Gasteiger partial charge in [0.05, 0.1) is 18.1 Å². The monoisotopic (exact) mass is 394 g/mol. The van der Waals surface area contributed by atoms with Crippen LogP contribution >= 0.6 is 22.9 Å². The molecule has 4 bridgehead atoms. The summed E-state index contributed by atoms with van der Waals surface area (Å²) in [7, 11) is 0. The number of nitrogens with zero attached hydrogens (tertiary/aromatic N) is 2. The summed E-state index contributed by atoms with van der Waals surface area (Å²) in [5.74, 6) is 1.33. The van der Waals surface area contributed by atoms with Crippen LogP contribution in [0.15, 0.2) is 11.2 Å². The molecule has 26 heavy (non-hydrogen) atoms. The second-order valence-electron chi connectivity index (χ2n) is 9.22.